The van der Waals surface area contributed by atoms with Crippen molar-refractivity contribution in [3.8, 4) is 0 Å². The summed E-state index contributed by atoms with van der Waals surface area (Å²) in [7, 11) is 4.34. The molecule has 0 aliphatic carbocycles. The Morgan fingerprint density at radius 1 is 1.28 bits per heavy atom. The maximum absolute atomic E-state index is 2.53. The molecule has 1 aromatic carbocycles. The summed E-state index contributed by atoms with van der Waals surface area (Å²) in [5.41, 5.74) is 4.61. The zero-order valence-corrected chi connectivity index (χ0v) is 11.6. The van der Waals surface area contributed by atoms with Gasteiger partial charge in [-0.2, -0.15) is 0 Å². The van der Waals surface area contributed by atoms with E-state index in [1.54, 1.807) is 11.3 Å². The number of benzene rings is 1. The lowest BCUT2D eigenvalue weighted by atomic mass is 10.0. The van der Waals surface area contributed by atoms with E-state index >= 15 is 0 Å². The molecule has 2 aromatic rings. The molecule has 0 amide bonds. The molecule has 0 radical (unpaired) electrons. The number of hydrogen-bond acceptors (Lipinski definition) is 1. The molecule has 0 bridgehead atoms. The van der Waals surface area contributed by atoms with Crippen molar-refractivity contribution in [2.75, 3.05) is 14.1 Å². The molecule has 1 aliphatic rings. The van der Waals surface area contributed by atoms with Crippen molar-refractivity contribution in [2.24, 2.45) is 0 Å². The minimum Gasteiger partial charge on any atom is -0.344 e. The van der Waals surface area contributed by atoms with Crippen LogP contribution in [0.2, 0.25) is 0 Å². The SMILES string of the molecule is C[C@@H](Cc1c2n(c3ccccc13)CCC2)N(C)C. The number of likely N-dealkylation sites (N-methyl/N-ethyl adjacent to an activating group) is 1. The molecule has 2 heterocycles. The number of fused-ring (bicyclic) bond motifs is 3. The third-order valence-corrected chi connectivity index (χ3v) is 4.37. The summed E-state index contributed by atoms with van der Waals surface area (Å²) in [5, 5.41) is 1.47. The van der Waals surface area contributed by atoms with Crippen molar-refractivity contribution < 1.29 is 0 Å². The summed E-state index contributed by atoms with van der Waals surface area (Å²) in [6, 6.07) is 9.49. The van der Waals surface area contributed by atoms with Crippen molar-refractivity contribution in [1.82, 2.24) is 9.47 Å². The number of hydrogen-bond donors (Lipinski definition) is 0. The first-order valence-corrected chi connectivity index (χ1v) is 6.94. The number of aromatic nitrogens is 1. The van der Waals surface area contributed by atoms with Gasteiger partial charge in [0, 0.05) is 29.2 Å². The highest BCUT2D eigenvalue weighted by molar-refractivity contribution is 5.86. The van der Waals surface area contributed by atoms with Gasteiger partial charge in [-0.25, -0.2) is 0 Å². The van der Waals surface area contributed by atoms with Crippen LogP contribution in [0.4, 0.5) is 0 Å². The van der Waals surface area contributed by atoms with Gasteiger partial charge >= 0.3 is 0 Å². The third-order valence-electron chi connectivity index (χ3n) is 4.37. The van der Waals surface area contributed by atoms with Crippen LogP contribution in [0, 0.1) is 0 Å². The van der Waals surface area contributed by atoms with Crippen molar-refractivity contribution in [1.29, 1.82) is 0 Å². The monoisotopic (exact) mass is 242 g/mol. The minimum atomic E-state index is 0.598. The number of rotatable bonds is 3. The number of nitrogens with zero attached hydrogens (tertiary/aromatic N) is 2. The molecule has 1 aliphatic heterocycles. The molecule has 2 heteroatoms. The second-order valence-electron chi connectivity index (χ2n) is 5.71. The highest BCUT2D eigenvalue weighted by Crippen LogP contribution is 2.32. The zero-order chi connectivity index (χ0) is 12.7. The van der Waals surface area contributed by atoms with E-state index in [9.17, 15) is 0 Å². The van der Waals surface area contributed by atoms with Gasteiger partial charge in [0.1, 0.15) is 0 Å². The first kappa shape index (κ1) is 11.8. The van der Waals surface area contributed by atoms with Gasteiger partial charge in [0.2, 0.25) is 0 Å². The van der Waals surface area contributed by atoms with E-state index in [1.807, 2.05) is 0 Å². The smallest absolute Gasteiger partial charge is 0.0485 e. The Labute approximate surface area is 109 Å². The van der Waals surface area contributed by atoms with Crippen molar-refractivity contribution in [2.45, 2.75) is 38.8 Å². The van der Waals surface area contributed by atoms with Gasteiger partial charge in [0.15, 0.2) is 0 Å². The highest BCUT2D eigenvalue weighted by atomic mass is 15.1. The van der Waals surface area contributed by atoms with Crippen LogP contribution >= 0.6 is 0 Å². The van der Waals surface area contributed by atoms with Gasteiger partial charge in [-0.15, -0.1) is 0 Å². The summed E-state index contributed by atoms with van der Waals surface area (Å²) in [4.78, 5) is 2.31. The Bertz CT molecular complexity index is 566. The van der Waals surface area contributed by atoms with E-state index in [0.717, 1.165) is 6.42 Å². The normalized spacial score (nSPS) is 16.4. The molecule has 2 nitrogen and oxygen atoms in total. The van der Waals surface area contributed by atoms with Gasteiger partial charge in [-0.3, -0.25) is 0 Å². The topological polar surface area (TPSA) is 8.17 Å². The molecular weight excluding hydrogens is 220 g/mol. The van der Waals surface area contributed by atoms with Gasteiger partial charge < -0.3 is 9.47 Å². The lowest BCUT2D eigenvalue weighted by molar-refractivity contribution is 0.312. The van der Waals surface area contributed by atoms with Crippen molar-refractivity contribution >= 4 is 10.9 Å². The molecule has 0 saturated heterocycles. The van der Waals surface area contributed by atoms with Crippen molar-refractivity contribution in [3.63, 3.8) is 0 Å². The predicted molar refractivity (Wildman–Crippen MR) is 77.1 cm³/mol. The molecule has 1 atom stereocenters. The maximum Gasteiger partial charge on any atom is 0.0485 e. The Morgan fingerprint density at radius 3 is 2.83 bits per heavy atom. The van der Waals surface area contributed by atoms with E-state index in [0.29, 0.717) is 6.04 Å². The fourth-order valence-corrected chi connectivity index (χ4v) is 3.08. The summed E-state index contributed by atoms with van der Waals surface area (Å²) < 4.78 is 2.53. The van der Waals surface area contributed by atoms with Gasteiger partial charge in [0.05, 0.1) is 0 Å². The molecule has 0 unspecified atom stereocenters. The van der Waals surface area contributed by atoms with Crippen LogP contribution in [0.5, 0.6) is 0 Å². The maximum atomic E-state index is 2.53. The number of para-hydroxylation sites is 1. The largest absolute Gasteiger partial charge is 0.344 e. The molecule has 0 N–H and O–H groups in total. The molecule has 1 aromatic heterocycles. The van der Waals surface area contributed by atoms with Crippen LogP contribution < -0.4 is 0 Å². The summed E-state index contributed by atoms with van der Waals surface area (Å²) in [6.45, 7) is 3.51. The molecule has 3 rings (SSSR count). The van der Waals surface area contributed by atoms with E-state index in [4.69, 9.17) is 0 Å². The van der Waals surface area contributed by atoms with Gasteiger partial charge in [-0.1, -0.05) is 18.2 Å². The fraction of sp³-hybridized carbons (Fsp3) is 0.500. The summed E-state index contributed by atoms with van der Waals surface area (Å²) in [6.07, 6.45) is 3.73. The summed E-state index contributed by atoms with van der Waals surface area (Å²) >= 11 is 0. The lowest BCUT2D eigenvalue weighted by Crippen LogP contribution is -2.26. The van der Waals surface area contributed by atoms with E-state index < -0.39 is 0 Å². The lowest BCUT2D eigenvalue weighted by Gasteiger charge is -2.20. The second-order valence-corrected chi connectivity index (χ2v) is 5.71. The van der Waals surface area contributed by atoms with Crippen LogP contribution in [0.25, 0.3) is 10.9 Å². The van der Waals surface area contributed by atoms with Crippen LogP contribution in [-0.2, 0) is 19.4 Å². The van der Waals surface area contributed by atoms with Gasteiger partial charge in [0.25, 0.3) is 0 Å². The van der Waals surface area contributed by atoms with E-state index in [-0.39, 0.29) is 0 Å². The average Bonchev–Trinajstić information content (AvgIpc) is 2.92. The van der Waals surface area contributed by atoms with Crippen LogP contribution in [0.3, 0.4) is 0 Å². The molecular formula is C16H22N2. The van der Waals surface area contributed by atoms with Crippen LogP contribution in [0.15, 0.2) is 24.3 Å². The molecule has 0 spiro atoms. The highest BCUT2D eigenvalue weighted by Gasteiger charge is 2.22. The first-order chi connectivity index (χ1) is 8.68. The van der Waals surface area contributed by atoms with Gasteiger partial charge in [-0.05, 0) is 51.9 Å². The Morgan fingerprint density at radius 2 is 2.06 bits per heavy atom. The molecule has 0 saturated carbocycles. The quantitative estimate of drug-likeness (QED) is 0.803. The second kappa shape index (κ2) is 4.43. The zero-order valence-electron chi connectivity index (χ0n) is 11.6. The first-order valence-electron chi connectivity index (χ1n) is 6.94. The van der Waals surface area contributed by atoms with Crippen LogP contribution in [-0.4, -0.2) is 29.6 Å². The summed E-state index contributed by atoms with van der Waals surface area (Å²) in [5.74, 6) is 0. The van der Waals surface area contributed by atoms with Crippen molar-refractivity contribution in [3.05, 3.63) is 35.5 Å². The third kappa shape index (κ3) is 1.76. The molecule has 96 valence electrons. The molecule has 0 fully saturated rings. The number of aryl methyl sites for hydroxylation is 1. The minimum absolute atomic E-state index is 0.598. The Hall–Kier alpha value is -1.28. The van der Waals surface area contributed by atoms with E-state index in [1.165, 1.54) is 30.3 Å². The Kier molecular flexibility index (Phi) is 2.90. The van der Waals surface area contributed by atoms with E-state index in [2.05, 4.69) is 54.8 Å². The standard InChI is InChI=1S/C16H22N2/c1-12(17(2)3)11-14-13-7-4-5-8-15(13)18-10-6-9-16(14)18/h4-5,7-8,12H,6,9-11H2,1-3H3/t12-/m0/s1. The average molecular weight is 242 g/mol. The Balaban J connectivity index is 2.10. The predicted octanol–water partition coefficient (Wildman–Crippen LogP) is 3.08. The molecule has 18 heavy (non-hydrogen) atoms. The van der Waals surface area contributed by atoms with Crippen LogP contribution in [0.1, 0.15) is 24.6 Å². The fourth-order valence-electron chi connectivity index (χ4n) is 3.08.